The minimum Gasteiger partial charge on any atom is -0.355 e. The van der Waals surface area contributed by atoms with Gasteiger partial charge >= 0.3 is 0 Å². The second kappa shape index (κ2) is 8.00. The maximum atomic E-state index is 13.3. The number of sulfonamides is 1. The lowest BCUT2D eigenvalue weighted by Gasteiger charge is -2.18. The van der Waals surface area contributed by atoms with Gasteiger partial charge in [0.05, 0.1) is 26.9 Å². The summed E-state index contributed by atoms with van der Waals surface area (Å²) < 4.78 is 30.4. The molecule has 1 aromatic heterocycles. The third-order valence-corrected chi connectivity index (χ3v) is 6.99. The highest BCUT2D eigenvalue weighted by molar-refractivity contribution is 7.92. The summed E-state index contributed by atoms with van der Waals surface area (Å²) in [6, 6.07) is 12.8. The van der Waals surface area contributed by atoms with Gasteiger partial charge in [-0.2, -0.15) is 0 Å². The molecule has 0 aliphatic rings. The second-order valence-corrected chi connectivity index (χ2v) is 8.98. The number of carbonyl (C=O) groups is 1. The molecule has 0 saturated heterocycles. The molecule has 0 radical (unpaired) electrons. The Morgan fingerprint density at radius 2 is 1.77 bits per heavy atom. The number of nitrogens with one attached hydrogen (secondary N) is 1. The van der Waals surface area contributed by atoms with Crippen molar-refractivity contribution in [3.8, 4) is 5.69 Å². The summed E-state index contributed by atoms with van der Waals surface area (Å²) >= 11 is 6.03. The van der Waals surface area contributed by atoms with Gasteiger partial charge in [-0.05, 0) is 37.3 Å². The minimum atomic E-state index is -4.14. The molecule has 1 heterocycles. The number of anilines is 1. The van der Waals surface area contributed by atoms with E-state index >= 15 is 0 Å². The van der Waals surface area contributed by atoms with Crippen LogP contribution in [0.4, 0.5) is 5.69 Å². The third kappa shape index (κ3) is 3.50. The van der Waals surface area contributed by atoms with E-state index in [1.54, 1.807) is 42.9 Å². The monoisotopic (exact) mass is 448 g/mol. The number of para-hydroxylation sites is 1. The predicted octanol–water partition coefficient (Wildman–Crippen LogP) is 2.32. The van der Waals surface area contributed by atoms with Gasteiger partial charge in [0.1, 0.15) is 5.69 Å². The third-order valence-electron chi connectivity index (χ3n) is 4.91. The van der Waals surface area contributed by atoms with Crippen molar-refractivity contribution in [2.24, 2.45) is 7.05 Å². The van der Waals surface area contributed by atoms with Crippen molar-refractivity contribution in [1.29, 1.82) is 0 Å². The molecule has 10 heteroatoms. The molecular formula is C20H21ClN4O4S. The van der Waals surface area contributed by atoms with Crippen molar-refractivity contribution < 1.29 is 13.2 Å². The zero-order chi connectivity index (χ0) is 22.2. The number of aromatic nitrogens is 2. The summed E-state index contributed by atoms with van der Waals surface area (Å²) in [5.41, 5.74) is 0.639. The van der Waals surface area contributed by atoms with Gasteiger partial charge in [0.2, 0.25) is 0 Å². The Morgan fingerprint density at radius 3 is 2.37 bits per heavy atom. The smallest absolute Gasteiger partial charge is 0.296 e. The largest absolute Gasteiger partial charge is 0.355 e. The molecule has 3 aromatic rings. The minimum absolute atomic E-state index is 0.0118. The summed E-state index contributed by atoms with van der Waals surface area (Å²) in [6.07, 6.45) is 0. The van der Waals surface area contributed by atoms with Gasteiger partial charge < -0.3 is 5.32 Å². The van der Waals surface area contributed by atoms with Crippen molar-refractivity contribution in [1.82, 2.24) is 14.7 Å². The molecule has 0 spiro atoms. The standard InChI is InChI=1S/C20H21ClN4O4S/c1-13-18(20(27)25(23(13)3)14-8-6-5-7-9-14)24(4)30(28,29)15-10-11-17(21)16(12-15)19(26)22-2/h5-12H,1-4H3,(H,22,26). The van der Waals surface area contributed by atoms with Crippen LogP contribution in [0.15, 0.2) is 58.2 Å². The summed E-state index contributed by atoms with van der Waals surface area (Å²) in [5.74, 6) is -0.512. The number of hydrogen-bond acceptors (Lipinski definition) is 4. The molecule has 1 N–H and O–H groups in total. The van der Waals surface area contributed by atoms with Gasteiger partial charge in [-0.3, -0.25) is 18.6 Å². The number of hydrogen-bond donors (Lipinski definition) is 1. The van der Waals surface area contributed by atoms with Crippen molar-refractivity contribution in [2.75, 3.05) is 18.4 Å². The van der Waals surface area contributed by atoms with Crippen LogP contribution in [0.25, 0.3) is 5.69 Å². The molecule has 0 atom stereocenters. The number of benzene rings is 2. The van der Waals surface area contributed by atoms with E-state index < -0.39 is 21.5 Å². The van der Waals surface area contributed by atoms with Gasteiger partial charge in [0, 0.05) is 21.1 Å². The van der Waals surface area contributed by atoms with E-state index in [1.165, 1.54) is 37.0 Å². The maximum Gasteiger partial charge on any atom is 0.296 e. The summed E-state index contributed by atoms with van der Waals surface area (Å²) in [6.45, 7) is 1.67. The summed E-state index contributed by atoms with van der Waals surface area (Å²) in [5, 5.41) is 2.54. The number of carbonyl (C=O) groups excluding carboxylic acids is 1. The van der Waals surface area contributed by atoms with Crippen molar-refractivity contribution >= 4 is 33.2 Å². The van der Waals surface area contributed by atoms with Crippen LogP contribution in [0.3, 0.4) is 0 Å². The summed E-state index contributed by atoms with van der Waals surface area (Å²) in [7, 11) is 0.275. The van der Waals surface area contributed by atoms with Gasteiger partial charge in [-0.1, -0.05) is 29.8 Å². The van der Waals surface area contributed by atoms with E-state index in [0.29, 0.717) is 11.4 Å². The highest BCUT2D eigenvalue weighted by Gasteiger charge is 2.29. The van der Waals surface area contributed by atoms with Crippen LogP contribution >= 0.6 is 11.6 Å². The molecular weight excluding hydrogens is 428 g/mol. The Balaban J connectivity index is 2.15. The van der Waals surface area contributed by atoms with Crippen LogP contribution in [-0.4, -0.2) is 37.8 Å². The average molecular weight is 449 g/mol. The zero-order valence-electron chi connectivity index (χ0n) is 16.9. The summed E-state index contributed by atoms with van der Waals surface area (Å²) in [4.78, 5) is 25.0. The average Bonchev–Trinajstić information content (AvgIpc) is 2.95. The van der Waals surface area contributed by atoms with E-state index in [9.17, 15) is 18.0 Å². The Hall–Kier alpha value is -3.04. The molecule has 0 aliphatic carbocycles. The first kappa shape index (κ1) is 21.7. The molecule has 158 valence electrons. The molecule has 0 saturated carbocycles. The van der Waals surface area contributed by atoms with Crippen LogP contribution < -0.4 is 15.2 Å². The Kier molecular flexibility index (Phi) is 5.78. The molecule has 1 amide bonds. The van der Waals surface area contributed by atoms with Crippen LogP contribution in [0.1, 0.15) is 16.1 Å². The first-order valence-electron chi connectivity index (χ1n) is 8.95. The van der Waals surface area contributed by atoms with E-state index in [-0.39, 0.29) is 21.2 Å². The molecule has 2 aromatic carbocycles. The van der Waals surface area contributed by atoms with E-state index in [2.05, 4.69) is 5.32 Å². The van der Waals surface area contributed by atoms with E-state index in [4.69, 9.17) is 11.6 Å². The lowest BCUT2D eigenvalue weighted by molar-refractivity contribution is 0.0963. The quantitative estimate of drug-likeness (QED) is 0.648. The molecule has 30 heavy (non-hydrogen) atoms. The Labute approximate surface area is 179 Å². The van der Waals surface area contributed by atoms with Crippen molar-refractivity contribution in [2.45, 2.75) is 11.8 Å². The fourth-order valence-corrected chi connectivity index (χ4v) is 4.65. The number of amides is 1. The normalized spacial score (nSPS) is 11.4. The highest BCUT2D eigenvalue weighted by atomic mass is 35.5. The zero-order valence-corrected chi connectivity index (χ0v) is 18.5. The number of nitrogens with zero attached hydrogens (tertiary/aromatic N) is 3. The van der Waals surface area contributed by atoms with Crippen molar-refractivity contribution in [3.05, 3.63) is 75.2 Å². The fourth-order valence-electron chi connectivity index (χ4n) is 3.17. The fraction of sp³-hybridized carbons (Fsp3) is 0.200. The van der Waals surface area contributed by atoms with Gasteiger partial charge in [0.15, 0.2) is 0 Å². The van der Waals surface area contributed by atoms with Gasteiger partial charge in [0.25, 0.3) is 21.5 Å². The highest BCUT2D eigenvalue weighted by Crippen LogP contribution is 2.26. The SMILES string of the molecule is CNC(=O)c1cc(S(=O)(=O)N(C)c2c(C)n(C)n(-c3ccccc3)c2=O)ccc1Cl. The predicted molar refractivity (Wildman–Crippen MR) is 116 cm³/mol. The lowest BCUT2D eigenvalue weighted by Crippen LogP contribution is -2.32. The van der Waals surface area contributed by atoms with Gasteiger partial charge in [-0.25, -0.2) is 13.1 Å². The molecule has 0 bridgehead atoms. The topological polar surface area (TPSA) is 93.4 Å². The molecule has 0 aliphatic heterocycles. The maximum absolute atomic E-state index is 13.3. The molecule has 0 unspecified atom stereocenters. The van der Waals surface area contributed by atoms with Gasteiger partial charge in [-0.15, -0.1) is 0 Å². The number of rotatable bonds is 5. The Morgan fingerprint density at radius 1 is 1.13 bits per heavy atom. The van der Waals surface area contributed by atoms with E-state index in [0.717, 1.165) is 4.31 Å². The number of halogens is 1. The van der Waals surface area contributed by atoms with Crippen LogP contribution in [0.5, 0.6) is 0 Å². The molecule has 3 rings (SSSR count). The molecule has 0 fully saturated rings. The van der Waals surface area contributed by atoms with E-state index in [1.807, 2.05) is 6.07 Å². The second-order valence-electron chi connectivity index (χ2n) is 6.60. The first-order chi connectivity index (χ1) is 14.1. The van der Waals surface area contributed by atoms with Crippen LogP contribution in [0, 0.1) is 6.92 Å². The lowest BCUT2D eigenvalue weighted by atomic mass is 10.2. The Bertz CT molecular complexity index is 1280. The van der Waals surface area contributed by atoms with Crippen LogP contribution in [-0.2, 0) is 17.1 Å². The molecule has 8 nitrogen and oxygen atoms in total. The van der Waals surface area contributed by atoms with Crippen LogP contribution in [0.2, 0.25) is 5.02 Å². The first-order valence-corrected chi connectivity index (χ1v) is 10.8. The van der Waals surface area contributed by atoms with Crippen molar-refractivity contribution in [3.63, 3.8) is 0 Å².